The lowest BCUT2D eigenvalue weighted by Crippen LogP contribution is -1.93. The van der Waals surface area contributed by atoms with Crippen LogP contribution in [0.3, 0.4) is 0 Å². The van der Waals surface area contributed by atoms with E-state index in [0.29, 0.717) is 0 Å². The predicted octanol–water partition coefficient (Wildman–Crippen LogP) is -1.57. The average molecular weight is 147 g/mol. The first-order valence-electron chi connectivity index (χ1n) is 1.23. The van der Waals surface area contributed by atoms with E-state index >= 15 is 0 Å². The molecule has 0 saturated heterocycles. The van der Waals surface area contributed by atoms with Crippen LogP contribution in [0.2, 0.25) is 0 Å². The SMILES string of the molecule is O=P(O)(O)O.ONO. The van der Waals surface area contributed by atoms with Crippen LogP contribution in [-0.4, -0.2) is 25.1 Å². The van der Waals surface area contributed by atoms with E-state index in [0.717, 1.165) is 5.64 Å². The molecular weight excluding hydrogens is 141 g/mol. The zero-order valence-electron chi connectivity index (χ0n) is 3.59. The molecule has 8 heteroatoms. The first-order chi connectivity index (χ1) is 3.41. The van der Waals surface area contributed by atoms with Crippen molar-refractivity contribution >= 4 is 7.82 Å². The largest absolute Gasteiger partial charge is 0.466 e. The van der Waals surface area contributed by atoms with Gasteiger partial charge in [-0.05, 0) is 0 Å². The number of hydrogen-bond acceptors (Lipinski definition) is 4. The summed E-state index contributed by atoms with van der Waals surface area (Å²) in [6.07, 6.45) is 0. The summed E-state index contributed by atoms with van der Waals surface area (Å²) in [5.41, 5.74) is 0.750. The Kier molecular flexibility index (Phi) is 6.98. The molecule has 0 bridgehead atoms. The topological polar surface area (TPSA) is 130 Å². The lowest BCUT2D eigenvalue weighted by Gasteiger charge is -1.82. The zero-order valence-corrected chi connectivity index (χ0v) is 4.49. The molecule has 7 nitrogen and oxygen atoms in total. The molecule has 0 aromatic heterocycles. The minimum atomic E-state index is -4.64. The van der Waals surface area contributed by atoms with E-state index in [9.17, 15) is 0 Å². The standard InChI is InChI=1S/H3NO2.H3O4P/c2-1-3;1-5(2,3)4/h1-3H;(H3,1,2,3,4). The molecule has 0 amide bonds. The first-order valence-corrected chi connectivity index (χ1v) is 2.79. The predicted molar refractivity (Wildman–Crippen MR) is 21.0 cm³/mol. The minimum absolute atomic E-state index is 0.750. The fraction of sp³-hybridized carbons (Fsp3) is 0. The van der Waals surface area contributed by atoms with E-state index in [1.165, 1.54) is 0 Å². The smallest absolute Gasteiger partial charge is 0.303 e. The van der Waals surface area contributed by atoms with Gasteiger partial charge in [0.15, 0.2) is 0 Å². The van der Waals surface area contributed by atoms with Gasteiger partial charge in [-0.2, -0.15) is 0 Å². The van der Waals surface area contributed by atoms with E-state index in [2.05, 4.69) is 0 Å². The molecule has 0 unspecified atom stereocenters. The van der Waals surface area contributed by atoms with Crippen LogP contribution in [0.4, 0.5) is 0 Å². The minimum Gasteiger partial charge on any atom is -0.303 e. The summed E-state index contributed by atoms with van der Waals surface area (Å²) < 4.78 is 8.88. The van der Waals surface area contributed by atoms with Gasteiger partial charge in [0.1, 0.15) is 0 Å². The normalized spacial score (nSPS) is 9.62. The Balaban J connectivity index is 0. The lowest BCUT2D eigenvalue weighted by atomic mass is 13.3. The zero-order chi connectivity index (χ0) is 7.21. The van der Waals surface area contributed by atoms with Crippen molar-refractivity contribution in [3.63, 3.8) is 0 Å². The van der Waals surface area contributed by atoms with Crippen molar-refractivity contribution in [2.75, 3.05) is 0 Å². The van der Waals surface area contributed by atoms with Crippen LogP contribution in [0.15, 0.2) is 0 Å². The molecular formula is H6NO6P. The van der Waals surface area contributed by atoms with Gasteiger partial charge in [-0.1, -0.05) is 5.64 Å². The van der Waals surface area contributed by atoms with Crippen LogP contribution in [0, 0.1) is 0 Å². The average Bonchev–Trinajstić information content (AvgIpc) is 1.27. The van der Waals surface area contributed by atoms with Crippen molar-refractivity contribution in [1.29, 1.82) is 0 Å². The fourth-order valence-corrected chi connectivity index (χ4v) is 0. The second-order valence-electron chi connectivity index (χ2n) is 0.613. The number of hydrogen-bond donors (Lipinski definition) is 6. The van der Waals surface area contributed by atoms with Gasteiger partial charge in [0.25, 0.3) is 0 Å². The van der Waals surface area contributed by atoms with Crippen molar-refractivity contribution in [2.45, 2.75) is 0 Å². The van der Waals surface area contributed by atoms with Crippen LogP contribution in [0.5, 0.6) is 0 Å². The van der Waals surface area contributed by atoms with Crippen LogP contribution >= 0.6 is 7.82 Å². The van der Waals surface area contributed by atoms with Crippen molar-refractivity contribution < 1.29 is 29.7 Å². The van der Waals surface area contributed by atoms with Gasteiger partial charge in [0.05, 0.1) is 0 Å². The maximum atomic E-state index is 8.88. The number of nitrogens with one attached hydrogen (secondary N) is 1. The molecule has 52 valence electrons. The van der Waals surface area contributed by atoms with E-state index in [1.54, 1.807) is 0 Å². The summed E-state index contributed by atoms with van der Waals surface area (Å²) in [6.45, 7) is 0. The molecule has 0 spiro atoms. The Morgan fingerprint density at radius 1 is 1.12 bits per heavy atom. The summed E-state index contributed by atoms with van der Waals surface area (Å²) in [5, 5.41) is 13.8. The van der Waals surface area contributed by atoms with Crippen LogP contribution < -0.4 is 5.64 Å². The summed E-state index contributed by atoms with van der Waals surface area (Å²) in [7, 11) is -4.64. The van der Waals surface area contributed by atoms with Crippen molar-refractivity contribution in [3.05, 3.63) is 0 Å². The second kappa shape index (κ2) is 5.13. The van der Waals surface area contributed by atoms with Crippen LogP contribution in [0.25, 0.3) is 0 Å². The lowest BCUT2D eigenvalue weighted by molar-refractivity contribution is -0.0678. The van der Waals surface area contributed by atoms with E-state index < -0.39 is 7.82 Å². The number of phosphoric acid groups is 1. The summed E-state index contributed by atoms with van der Waals surface area (Å²) in [6, 6.07) is 0. The quantitative estimate of drug-likeness (QED) is 0.180. The molecule has 0 aromatic carbocycles. The summed E-state index contributed by atoms with van der Waals surface area (Å²) in [5.74, 6) is 0. The number of rotatable bonds is 0. The molecule has 0 heterocycles. The fourth-order valence-electron chi connectivity index (χ4n) is 0. The Morgan fingerprint density at radius 2 is 1.12 bits per heavy atom. The van der Waals surface area contributed by atoms with Gasteiger partial charge in [0.2, 0.25) is 0 Å². The molecule has 0 radical (unpaired) electrons. The molecule has 0 rings (SSSR count). The van der Waals surface area contributed by atoms with Crippen LogP contribution in [0.1, 0.15) is 0 Å². The molecule has 0 aromatic rings. The highest BCUT2D eigenvalue weighted by atomic mass is 31.2. The van der Waals surface area contributed by atoms with E-state index in [-0.39, 0.29) is 0 Å². The van der Waals surface area contributed by atoms with Gasteiger partial charge in [-0.25, -0.2) is 4.57 Å². The molecule has 6 N–H and O–H groups in total. The Hall–Kier alpha value is -0.0100. The third kappa shape index (κ3) is 1490000. The summed E-state index contributed by atoms with van der Waals surface area (Å²) >= 11 is 0. The van der Waals surface area contributed by atoms with Gasteiger partial charge in [0, 0.05) is 0 Å². The molecule has 0 aliphatic heterocycles. The van der Waals surface area contributed by atoms with Gasteiger partial charge < -0.3 is 14.7 Å². The van der Waals surface area contributed by atoms with Crippen molar-refractivity contribution in [1.82, 2.24) is 5.64 Å². The molecule has 0 fully saturated rings. The van der Waals surface area contributed by atoms with Crippen molar-refractivity contribution in [3.8, 4) is 0 Å². The Morgan fingerprint density at radius 3 is 1.12 bits per heavy atom. The third-order valence-corrected chi connectivity index (χ3v) is 0. The van der Waals surface area contributed by atoms with Gasteiger partial charge >= 0.3 is 7.82 Å². The molecule has 8 heavy (non-hydrogen) atoms. The summed E-state index contributed by atoms with van der Waals surface area (Å²) in [4.78, 5) is 21.6. The Labute approximate surface area is 44.4 Å². The maximum absolute atomic E-state index is 8.88. The molecule has 0 atom stereocenters. The second-order valence-corrected chi connectivity index (χ2v) is 1.64. The molecule has 0 aliphatic rings. The van der Waals surface area contributed by atoms with Gasteiger partial charge in [-0.3, -0.25) is 10.4 Å². The third-order valence-electron chi connectivity index (χ3n) is 0. The highest BCUT2D eigenvalue weighted by Crippen LogP contribution is 2.25. The van der Waals surface area contributed by atoms with Gasteiger partial charge in [-0.15, -0.1) is 0 Å². The highest BCUT2D eigenvalue weighted by molar-refractivity contribution is 7.45. The monoisotopic (exact) mass is 147 g/mol. The van der Waals surface area contributed by atoms with Crippen molar-refractivity contribution in [2.24, 2.45) is 0 Å². The Bertz CT molecular complexity index is 64.3. The molecule has 0 saturated carbocycles. The van der Waals surface area contributed by atoms with E-state index in [4.69, 9.17) is 29.7 Å². The first kappa shape index (κ1) is 10.9. The highest BCUT2D eigenvalue weighted by Gasteiger charge is 2.00. The van der Waals surface area contributed by atoms with E-state index in [1.807, 2.05) is 0 Å². The maximum Gasteiger partial charge on any atom is 0.466 e. The van der Waals surface area contributed by atoms with Crippen LogP contribution in [-0.2, 0) is 4.57 Å². The molecule has 0 aliphatic carbocycles.